The van der Waals surface area contributed by atoms with E-state index in [4.69, 9.17) is 0 Å². The van der Waals surface area contributed by atoms with Gasteiger partial charge in [-0.1, -0.05) is 35.8 Å². The van der Waals surface area contributed by atoms with Crippen molar-refractivity contribution in [3.05, 3.63) is 54.9 Å². The number of aromatic nitrogens is 1. The number of nitrogens with zero attached hydrogens (tertiary/aromatic N) is 1. The predicted molar refractivity (Wildman–Crippen MR) is 58.9 cm³/mol. The van der Waals surface area contributed by atoms with Gasteiger partial charge in [-0.3, -0.25) is 0 Å². The first-order chi connectivity index (χ1) is 5.95. The van der Waals surface area contributed by atoms with Crippen LogP contribution in [0.5, 0.6) is 0 Å². The molecule has 14 heavy (non-hydrogen) atoms. The highest BCUT2D eigenvalue weighted by atomic mass is 16.0. The molecule has 4 heteroatoms. The lowest BCUT2D eigenvalue weighted by atomic mass is 9.83. The van der Waals surface area contributed by atoms with Crippen molar-refractivity contribution in [2.75, 3.05) is 0 Å². The minimum absolute atomic E-state index is 0. The Hall–Kier alpha value is -1.52. The normalized spacial score (nSPS) is 8.29. The molecular formula is C10H13BNO2. The van der Waals surface area contributed by atoms with Crippen LogP contribution in [0.1, 0.15) is 0 Å². The van der Waals surface area contributed by atoms with E-state index >= 15 is 0 Å². The molecular weight excluding hydrogens is 177 g/mol. The second kappa shape index (κ2) is 6.02. The van der Waals surface area contributed by atoms with Gasteiger partial charge in [0, 0.05) is 0 Å². The van der Waals surface area contributed by atoms with Crippen molar-refractivity contribution in [2.45, 2.75) is 0 Å². The standard InChI is InChI=1S/C10H9BN.2H2O/c1-2-6-10(7-3-1)11-12-8-4-5-9-12;;/h1-9H;2*1H2. The van der Waals surface area contributed by atoms with Crippen molar-refractivity contribution in [2.24, 2.45) is 0 Å². The molecule has 2 aromatic rings. The lowest BCUT2D eigenvalue weighted by molar-refractivity contribution is 0.823. The number of hydrogen-bond donors (Lipinski definition) is 0. The molecule has 0 atom stereocenters. The molecule has 0 amide bonds. The summed E-state index contributed by atoms with van der Waals surface area (Å²) in [4.78, 5) is 0. The van der Waals surface area contributed by atoms with E-state index in [9.17, 15) is 0 Å². The van der Waals surface area contributed by atoms with E-state index in [-0.39, 0.29) is 11.0 Å². The maximum atomic E-state index is 2.08. The monoisotopic (exact) mass is 190 g/mol. The van der Waals surface area contributed by atoms with Crippen molar-refractivity contribution < 1.29 is 11.0 Å². The molecule has 0 spiro atoms. The zero-order chi connectivity index (χ0) is 8.23. The van der Waals surface area contributed by atoms with Crippen molar-refractivity contribution in [3.8, 4) is 0 Å². The second-order valence-electron chi connectivity index (χ2n) is 2.67. The van der Waals surface area contributed by atoms with E-state index in [1.54, 1.807) is 0 Å². The fourth-order valence-corrected chi connectivity index (χ4v) is 1.15. The van der Waals surface area contributed by atoms with Crippen LogP contribution in [0.25, 0.3) is 0 Å². The molecule has 1 aromatic heterocycles. The van der Waals surface area contributed by atoms with E-state index in [0.29, 0.717) is 0 Å². The molecule has 0 bridgehead atoms. The summed E-state index contributed by atoms with van der Waals surface area (Å²) in [6.07, 6.45) is 4.04. The summed E-state index contributed by atoms with van der Waals surface area (Å²) in [6.45, 7) is 0. The van der Waals surface area contributed by atoms with Gasteiger partial charge in [0.05, 0.1) is 0 Å². The van der Waals surface area contributed by atoms with Gasteiger partial charge in [-0.2, -0.15) is 0 Å². The third kappa shape index (κ3) is 3.09. The zero-order valence-corrected chi connectivity index (χ0v) is 7.72. The molecule has 3 nitrogen and oxygen atoms in total. The third-order valence-corrected chi connectivity index (χ3v) is 1.73. The Morgan fingerprint density at radius 2 is 1.36 bits per heavy atom. The molecule has 0 aliphatic heterocycles. The topological polar surface area (TPSA) is 67.9 Å². The molecule has 4 N–H and O–H groups in total. The first-order valence-corrected chi connectivity index (χ1v) is 3.97. The Balaban J connectivity index is 0.000000845. The lowest BCUT2D eigenvalue weighted by Crippen LogP contribution is -2.20. The van der Waals surface area contributed by atoms with E-state index in [1.165, 1.54) is 5.46 Å². The van der Waals surface area contributed by atoms with Gasteiger partial charge >= 0.3 is 0 Å². The number of rotatable bonds is 2. The fraction of sp³-hybridized carbons (Fsp3) is 0. The highest BCUT2D eigenvalue weighted by Gasteiger charge is 1.94. The molecule has 1 radical (unpaired) electrons. The Morgan fingerprint density at radius 3 is 1.93 bits per heavy atom. The molecule has 0 saturated carbocycles. The van der Waals surface area contributed by atoms with E-state index in [2.05, 4.69) is 19.5 Å². The van der Waals surface area contributed by atoms with Crippen LogP contribution in [-0.4, -0.2) is 22.8 Å². The summed E-state index contributed by atoms with van der Waals surface area (Å²) in [5.74, 6) is 0. The van der Waals surface area contributed by atoms with Gasteiger partial charge in [0.15, 0.2) is 0 Å². The summed E-state index contributed by atoms with van der Waals surface area (Å²) in [5, 5.41) is 0. The first-order valence-electron chi connectivity index (χ1n) is 3.97. The maximum Gasteiger partial charge on any atom is 0.289 e. The predicted octanol–water partition coefficient (Wildman–Crippen LogP) is -0.369. The quantitative estimate of drug-likeness (QED) is 0.580. The van der Waals surface area contributed by atoms with Crippen LogP contribution in [0, 0.1) is 0 Å². The van der Waals surface area contributed by atoms with Crippen LogP contribution in [0.15, 0.2) is 54.9 Å². The minimum Gasteiger partial charge on any atom is -0.412 e. The summed E-state index contributed by atoms with van der Waals surface area (Å²) in [5.41, 5.74) is 1.22. The van der Waals surface area contributed by atoms with Crippen molar-refractivity contribution in [1.82, 2.24) is 4.48 Å². The van der Waals surface area contributed by atoms with Gasteiger partial charge < -0.3 is 15.4 Å². The highest BCUT2D eigenvalue weighted by Crippen LogP contribution is 1.87. The van der Waals surface area contributed by atoms with Gasteiger partial charge in [-0.05, 0) is 24.5 Å². The van der Waals surface area contributed by atoms with Crippen molar-refractivity contribution >= 4 is 12.9 Å². The molecule has 2 rings (SSSR count). The van der Waals surface area contributed by atoms with Crippen LogP contribution in [0.4, 0.5) is 0 Å². The average molecular weight is 190 g/mol. The maximum absolute atomic E-state index is 2.08. The molecule has 0 fully saturated rings. The van der Waals surface area contributed by atoms with E-state index in [0.717, 1.165) is 0 Å². The lowest BCUT2D eigenvalue weighted by Gasteiger charge is -1.98. The molecule has 0 unspecified atom stereocenters. The van der Waals surface area contributed by atoms with Crippen LogP contribution in [-0.2, 0) is 0 Å². The SMILES string of the molecule is O.O.[B](c1ccccc1)n1cccc1. The molecule has 1 heterocycles. The van der Waals surface area contributed by atoms with Crippen molar-refractivity contribution in [1.29, 1.82) is 0 Å². The first kappa shape index (κ1) is 12.5. The van der Waals surface area contributed by atoms with Crippen LogP contribution >= 0.6 is 0 Å². The van der Waals surface area contributed by atoms with Crippen LogP contribution in [0.3, 0.4) is 0 Å². The third-order valence-electron chi connectivity index (χ3n) is 1.73. The van der Waals surface area contributed by atoms with Gasteiger partial charge in [-0.25, -0.2) is 0 Å². The zero-order valence-electron chi connectivity index (χ0n) is 7.72. The molecule has 73 valence electrons. The smallest absolute Gasteiger partial charge is 0.289 e. The van der Waals surface area contributed by atoms with Crippen molar-refractivity contribution in [3.63, 3.8) is 0 Å². The Labute approximate surface area is 83.9 Å². The average Bonchev–Trinajstić information content (AvgIpc) is 2.59. The van der Waals surface area contributed by atoms with E-state index < -0.39 is 0 Å². The molecule has 1 aromatic carbocycles. The Bertz CT molecular complexity index is 334. The van der Waals surface area contributed by atoms with Crippen LogP contribution in [0.2, 0.25) is 0 Å². The molecule has 0 saturated heterocycles. The summed E-state index contributed by atoms with van der Waals surface area (Å²) >= 11 is 0. The minimum atomic E-state index is 0. The summed E-state index contributed by atoms with van der Waals surface area (Å²) < 4.78 is 2.04. The molecule has 0 aliphatic rings. The summed E-state index contributed by atoms with van der Waals surface area (Å²) in [7, 11) is 2.08. The number of benzene rings is 1. The fourth-order valence-electron chi connectivity index (χ4n) is 1.15. The number of hydrogen-bond acceptors (Lipinski definition) is 0. The van der Waals surface area contributed by atoms with Crippen LogP contribution < -0.4 is 5.46 Å². The second-order valence-corrected chi connectivity index (χ2v) is 2.67. The Morgan fingerprint density at radius 1 is 0.786 bits per heavy atom. The highest BCUT2D eigenvalue weighted by molar-refractivity contribution is 6.51. The largest absolute Gasteiger partial charge is 0.412 e. The molecule has 0 aliphatic carbocycles. The van der Waals surface area contributed by atoms with Gasteiger partial charge in [0.25, 0.3) is 7.41 Å². The summed E-state index contributed by atoms with van der Waals surface area (Å²) in [6, 6.07) is 14.3. The van der Waals surface area contributed by atoms with Gasteiger partial charge in [0.1, 0.15) is 0 Å². The van der Waals surface area contributed by atoms with E-state index in [1.807, 2.05) is 47.2 Å². The Kier molecular flexibility index (Phi) is 5.37. The van der Waals surface area contributed by atoms with Gasteiger partial charge in [0.2, 0.25) is 0 Å². The van der Waals surface area contributed by atoms with Gasteiger partial charge in [-0.15, -0.1) is 0 Å².